The van der Waals surface area contributed by atoms with E-state index >= 15 is 0 Å². The molecule has 0 atom stereocenters. The van der Waals surface area contributed by atoms with Gasteiger partial charge < -0.3 is 0 Å². The molecule has 0 heterocycles. The van der Waals surface area contributed by atoms with Crippen molar-refractivity contribution >= 4 is 34.8 Å². The topological polar surface area (TPSA) is 23.8 Å². The largest absolute Gasteiger partial charge is 0.202 e. The van der Waals surface area contributed by atoms with Gasteiger partial charge in [0.1, 0.15) is 0 Å². The van der Waals surface area contributed by atoms with E-state index in [1.165, 1.54) is 0 Å². The standard InChI is InChI=1S/C6H3Cl3.CHN/c7-4-1-5(8)3-6(9)2-4;1-2/h1-3H;1H. The van der Waals surface area contributed by atoms with Crippen molar-refractivity contribution in [1.82, 2.24) is 0 Å². The lowest BCUT2D eigenvalue weighted by atomic mass is 10.4. The maximum absolute atomic E-state index is 6.50. The average Bonchev–Trinajstić information content (AvgIpc) is 1.88. The minimum atomic E-state index is 0.563. The Labute approximate surface area is 80.1 Å². The Balaban J connectivity index is 0.000000461. The third kappa shape index (κ3) is 4.10. The van der Waals surface area contributed by atoms with Crippen LogP contribution in [-0.2, 0) is 0 Å². The van der Waals surface area contributed by atoms with Crippen LogP contribution < -0.4 is 0 Å². The molecule has 0 unspecified atom stereocenters. The highest BCUT2D eigenvalue weighted by Gasteiger charge is 1.92. The van der Waals surface area contributed by atoms with Gasteiger partial charge in [0.05, 0.1) is 0 Å². The molecule has 0 amide bonds. The number of hydrogen-bond acceptors (Lipinski definition) is 1. The van der Waals surface area contributed by atoms with Crippen molar-refractivity contribution < 1.29 is 0 Å². The van der Waals surface area contributed by atoms with Crippen molar-refractivity contribution in [2.24, 2.45) is 0 Å². The van der Waals surface area contributed by atoms with Crippen LogP contribution in [0.5, 0.6) is 0 Å². The normalized spacial score (nSPS) is 8.09. The molecule has 0 N–H and O–H groups in total. The Hall–Kier alpha value is -0.420. The first kappa shape index (κ1) is 10.6. The Bertz CT molecular complexity index is 207. The maximum atomic E-state index is 6.50. The number of nitriles is 1. The van der Waals surface area contributed by atoms with Gasteiger partial charge in [0, 0.05) is 21.6 Å². The third-order valence-electron chi connectivity index (χ3n) is 0.827. The summed E-state index contributed by atoms with van der Waals surface area (Å²) in [5, 5.41) is 8.19. The Morgan fingerprint density at radius 2 is 1.00 bits per heavy atom. The molecule has 0 aliphatic carbocycles. The van der Waals surface area contributed by atoms with Crippen LogP contribution in [0.3, 0.4) is 0 Å². The van der Waals surface area contributed by atoms with Gasteiger partial charge in [-0.15, -0.1) is 0 Å². The van der Waals surface area contributed by atoms with E-state index in [4.69, 9.17) is 40.1 Å². The summed E-state index contributed by atoms with van der Waals surface area (Å²) in [7, 11) is 0. The van der Waals surface area contributed by atoms with Gasteiger partial charge in [-0.1, -0.05) is 34.8 Å². The molecule has 0 aromatic heterocycles. The second kappa shape index (κ2) is 5.26. The molecule has 4 heteroatoms. The minimum Gasteiger partial charge on any atom is -0.202 e. The van der Waals surface area contributed by atoms with Crippen LogP contribution in [0.25, 0.3) is 0 Å². The zero-order valence-electron chi connectivity index (χ0n) is 5.39. The number of nitrogens with zero attached hydrogens (tertiary/aromatic N) is 1. The molecule has 0 saturated carbocycles. The molecule has 1 aromatic carbocycles. The number of benzene rings is 1. The fourth-order valence-electron chi connectivity index (χ4n) is 0.520. The lowest BCUT2D eigenvalue weighted by Gasteiger charge is -1.91. The van der Waals surface area contributed by atoms with Crippen LogP contribution in [0, 0.1) is 11.8 Å². The molecule has 0 saturated heterocycles. The van der Waals surface area contributed by atoms with Crippen molar-refractivity contribution in [3.05, 3.63) is 33.3 Å². The van der Waals surface area contributed by atoms with E-state index in [0.717, 1.165) is 0 Å². The summed E-state index contributed by atoms with van der Waals surface area (Å²) in [6.07, 6.45) is 0. The molecule has 58 valence electrons. The molecule has 0 aliphatic heterocycles. The van der Waals surface area contributed by atoms with E-state index < -0.39 is 0 Å². The predicted molar refractivity (Wildman–Crippen MR) is 48.1 cm³/mol. The molecular formula is C7H4Cl3N. The summed E-state index contributed by atoms with van der Waals surface area (Å²) >= 11 is 16.7. The fourth-order valence-corrected chi connectivity index (χ4v) is 1.39. The summed E-state index contributed by atoms with van der Waals surface area (Å²) in [5.41, 5.74) is 0. The van der Waals surface area contributed by atoms with Gasteiger partial charge in [-0.05, 0) is 18.2 Å². The first-order chi connectivity index (χ1) is 5.18. The highest BCUT2D eigenvalue weighted by molar-refractivity contribution is 6.38. The molecule has 0 spiro atoms. The Kier molecular flexibility index (Phi) is 5.06. The van der Waals surface area contributed by atoms with E-state index in [1.54, 1.807) is 18.2 Å². The van der Waals surface area contributed by atoms with Crippen molar-refractivity contribution in [2.45, 2.75) is 0 Å². The average molecular weight is 208 g/mol. The highest BCUT2D eigenvalue weighted by atomic mass is 35.5. The van der Waals surface area contributed by atoms with Gasteiger partial charge in [-0.2, -0.15) is 0 Å². The quantitative estimate of drug-likeness (QED) is 0.636. The van der Waals surface area contributed by atoms with Gasteiger partial charge in [-0.25, -0.2) is 5.26 Å². The van der Waals surface area contributed by atoms with Crippen LogP contribution in [0.1, 0.15) is 0 Å². The van der Waals surface area contributed by atoms with Crippen molar-refractivity contribution in [1.29, 1.82) is 5.26 Å². The summed E-state index contributed by atoms with van der Waals surface area (Å²) in [6.45, 7) is 3.50. The highest BCUT2D eigenvalue weighted by Crippen LogP contribution is 2.21. The molecule has 1 rings (SSSR count). The van der Waals surface area contributed by atoms with Gasteiger partial charge in [0.2, 0.25) is 0 Å². The minimum absolute atomic E-state index is 0.563. The summed E-state index contributed by atoms with van der Waals surface area (Å²) < 4.78 is 0. The van der Waals surface area contributed by atoms with Crippen LogP contribution >= 0.6 is 34.8 Å². The van der Waals surface area contributed by atoms with E-state index in [-0.39, 0.29) is 0 Å². The van der Waals surface area contributed by atoms with Crippen LogP contribution in [0.2, 0.25) is 15.1 Å². The molecule has 1 nitrogen and oxygen atoms in total. The van der Waals surface area contributed by atoms with Gasteiger partial charge >= 0.3 is 0 Å². The fraction of sp³-hybridized carbons (Fsp3) is 0. The summed E-state index contributed by atoms with van der Waals surface area (Å²) in [4.78, 5) is 0. The zero-order chi connectivity index (χ0) is 8.85. The van der Waals surface area contributed by atoms with Crippen LogP contribution in [0.4, 0.5) is 0 Å². The molecule has 1 aromatic rings. The Morgan fingerprint density at radius 1 is 0.818 bits per heavy atom. The lowest BCUT2D eigenvalue weighted by molar-refractivity contribution is 1.58. The van der Waals surface area contributed by atoms with E-state index in [9.17, 15) is 0 Å². The first-order valence-corrected chi connectivity index (χ1v) is 3.69. The predicted octanol–water partition coefficient (Wildman–Crippen LogP) is 3.79. The summed E-state index contributed by atoms with van der Waals surface area (Å²) in [6, 6.07) is 4.90. The molecule has 11 heavy (non-hydrogen) atoms. The third-order valence-corrected chi connectivity index (χ3v) is 1.48. The maximum Gasteiger partial charge on any atom is 0.0462 e. The van der Waals surface area contributed by atoms with Crippen molar-refractivity contribution in [3.8, 4) is 6.57 Å². The monoisotopic (exact) mass is 207 g/mol. The Morgan fingerprint density at radius 3 is 1.18 bits per heavy atom. The first-order valence-electron chi connectivity index (χ1n) is 2.56. The van der Waals surface area contributed by atoms with Crippen molar-refractivity contribution in [3.63, 3.8) is 0 Å². The number of rotatable bonds is 0. The van der Waals surface area contributed by atoms with Gasteiger partial charge in [0.25, 0.3) is 0 Å². The van der Waals surface area contributed by atoms with Gasteiger partial charge in [-0.3, -0.25) is 0 Å². The second-order valence-electron chi connectivity index (χ2n) is 1.59. The second-order valence-corrected chi connectivity index (χ2v) is 2.90. The SMILES string of the molecule is C#N.Clc1cc(Cl)cc(Cl)c1. The number of hydrogen-bond donors (Lipinski definition) is 0. The molecular weight excluding hydrogens is 204 g/mol. The molecule has 0 aliphatic rings. The molecule has 0 bridgehead atoms. The smallest absolute Gasteiger partial charge is 0.0462 e. The summed E-state index contributed by atoms with van der Waals surface area (Å²) in [5.74, 6) is 0. The molecule has 0 fully saturated rings. The van der Waals surface area contributed by atoms with E-state index in [1.807, 2.05) is 0 Å². The molecule has 0 radical (unpaired) electrons. The van der Waals surface area contributed by atoms with Gasteiger partial charge in [0.15, 0.2) is 0 Å². The van der Waals surface area contributed by atoms with E-state index in [2.05, 4.69) is 6.57 Å². The van der Waals surface area contributed by atoms with Crippen LogP contribution in [0.15, 0.2) is 18.2 Å². The number of halogens is 3. The van der Waals surface area contributed by atoms with Crippen LogP contribution in [-0.4, -0.2) is 0 Å². The van der Waals surface area contributed by atoms with Crippen molar-refractivity contribution in [2.75, 3.05) is 0 Å². The zero-order valence-corrected chi connectivity index (χ0v) is 7.66. The van der Waals surface area contributed by atoms with E-state index in [0.29, 0.717) is 15.1 Å². The lowest BCUT2D eigenvalue weighted by Crippen LogP contribution is -1.65.